The van der Waals surface area contributed by atoms with Gasteiger partial charge in [0.05, 0.1) is 0 Å². The fraction of sp³-hybridized carbons (Fsp3) is 0.538. The molecule has 0 unspecified atom stereocenters. The minimum Gasteiger partial charge on any atom is -0.384 e. The molecular formula is C13H20N2. The maximum atomic E-state index is 3.46. The molecule has 0 amide bonds. The summed E-state index contributed by atoms with van der Waals surface area (Å²) in [4.78, 5) is 2.19. The van der Waals surface area contributed by atoms with E-state index < -0.39 is 0 Å². The number of anilines is 1. The zero-order valence-electron chi connectivity index (χ0n) is 9.71. The highest BCUT2D eigenvalue weighted by atomic mass is 15.1. The highest BCUT2D eigenvalue weighted by Crippen LogP contribution is 2.24. The van der Waals surface area contributed by atoms with Gasteiger partial charge in [0, 0.05) is 18.8 Å². The van der Waals surface area contributed by atoms with E-state index in [2.05, 4.69) is 42.5 Å². The largest absolute Gasteiger partial charge is 0.384 e. The number of fused-ring (bicyclic) bond motifs is 1. The van der Waals surface area contributed by atoms with E-state index in [1.54, 1.807) is 11.1 Å². The standard InChI is InChI=1S/C13H20N2/c1-15(2)9-8-14-13-7-6-11-4-3-5-12(11)10-13/h6-7,10,14H,3-5,8-9H2,1-2H3. The Morgan fingerprint density at radius 1 is 1.20 bits per heavy atom. The van der Waals surface area contributed by atoms with Crippen LogP contribution in [0.4, 0.5) is 5.69 Å². The lowest BCUT2D eigenvalue weighted by Gasteiger charge is -2.12. The maximum Gasteiger partial charge on any atom is 0.0343 e. The molecule has 1 aromatic carbocycles. The molecule has 0 heterocycles. The first kappa shape index (κ1) is 10.5. The molecule has 0 spiro atoms. The Hall–Kier alpha value is -1.02. The van der Waals surface area contributed by atoms with Gasteiger partial charge >= 0.3 is 0 Å². The first-order valence-corrected chi connectivity index (χ1v) is 5.76. The molecule has 2 heteroatoms. The van der Waals surface area contributed by atoms with Crippen molar-refractivity contribution in [1.82, 2.24) is 4.90 Å². The lowest BCUT2D eigenvalue weighted by molar-refractivity contribution is 0.425. The van der Waals surface area contributed by atoms with Gasteiger partial charge in [0.1, 0.15) is 0 Å². The van der Waals surface area contributed by atoms with E-state index in [1.165, 1.54) is 24.9 Å². The molecule has 1 aromatic rings. The monoisotopic (exact) mass is 204 g/mol. The maximum absolute atomic E-state index is 3.46. The normalized spacial score (nSPS) is 14.3. The highest BCUT2D eigenvalue weighted by Gasteiger charge is 2.10. The van der Waals surface area contributed by atoms with Crippen molar-refractivity contribution in [2.45, 2.75) is 19.3 Å². The Kier molecular flexibility index (Phi) is 3.27. The summed E-state index contributed by atoms with van der Waals surface area (Å²) in [6.45, 7) is 2.10. The van der Waals surface area contributed by atoms with Crippen molar-refractivity contribution in [2.75, 3.05) is 32.5 Å². The van der Waals surface area contributed by atoms with Crippen LogP contribution in [0.25, 0.3) is 0 Å². The van der Waals surface area contributed by atoms with Crippen molar-refractivity contribution in [3.8, 4) is 0 Å². The smallest absolute Gasteiger partial charge is 0.0343 e. The van der Waals surface area contributed by atoms with Crippen LogP contribution in [0.3, 0.4) is 0 Å². The zero-order chi connectivity index (χ0) is 10.7. The number of rotatable bonds is 4. The SMILES string of the molecule is CN(C)CCNc1ccc2c(c1)CCC2. The quantitative estimate of drug-likeness (QED) is 0.808. The van der Waals surface area contributed by atoms with E-state index in [0.717, 1.165) is 13.1 Å². The fourth-order valence-corrected chi connectivity index (χ4v) is 2.11. The van der Waals surface area contributed by atoms with Gasteiger partial charge in [0.15, 0.2) is 0 Å². The molecule has 15 heavy (non-hydrogen) atoms. The van der Waals surface area contributed by atoms with Crippen molar-refractivity contribution in [1.29, 1.82) is 0 Å². The van der Waals surface area contributed by atoms with Crippen LogP contribution in [0.15, 0.2) is 18.2 Å². The van der Waals surface area contributed by atoms with E-state index in [-0.39, 0.29) is 0 Å². The van der Waals surface area contributed by atoms with Gasteiger partial charge in [-0.2, -0.15) is 0 Å². The number of benzene rings is 1. The number of hydrogen-bond donors (Lipinski definition) is 1. The van der Waals surface area contributed by atoms with Crippen LogP contribution in [0.1, 0.15) is 17.5 Å². The molecule has 0 saturated carbocycles. The van der Waals surface area contributed by atoms with Crippen molar-refractivity contribution in [3.05, 3.63) is 29.3 Å². The van der Waals surface area contributed by atoms with Crippen LogP contribution < -0.4 is 5.32 Å². The van der Waals surface area contributed by atoms with Crippen molar-refractivity contribution in [2.24, 2.45) is 0 Å². The van der Waals surface area contributed by atoms with E-state index in [0.29, 0.717) is 0 Å². The first-order chi connectivity index (χ1) is 7.25. The minimum atomic E-state index is 1.02. The topological polar surface area (TPSA) is 15.3 Å². The van der Waals surface area contributed by atoms with Gasteiger partial charge in [0.25, 0.3) is 0 Å². The Morgan fingerprint density at radius 3 is 2.80 bits per heavy atom. The van der Waals surface area contributed by atoms with Gasteiger partial charge in [-0.3, -0.25) is 0 Å². The first-order valence-electron chi connectivity index (χ1n) is 5.76. The van der Waals surface area contributed by atoms with E-state index in [4.69, 9.17) is 0 Å². The van der Waals surface area contributed by atoms with Gasteiger partial charge in [-0.05, 0) is 56.6 Å². The number of hydrogen-bond acceptors (Lipinski definition) is 2. The van der Waals surface area contributed by atoms with Crippen LogP contribution in [0.2, 0.25) is 0 Å². The summed E-state index contributed by atoms with van der Waals surface area (Å²) < 4.78 is 0. The summed E-state index contributed by atoms with van der Waals surface area (Å²) in [5, 5.41) is 3.46. The second kappa shape index (κ2) is 4.67. The molecule has 0 aromatic heterocycles. The summed E-state index contributed by atoms with van der Waals surface area (Å²) in [6.07, 6.45) is 3.86. The molecule has 1 aliphatic carbocycles. The summed E-state index contributed by atoms with van der Waals surface area (Å²) in [6, 6.07) is 6.80. The third kappa shape index (κ3) is 2.72. The highest BCUT2D eigenvalue weighted by molar-refractivity contribution is 5.50. The van der Waals surface area contributed by atoms with Crippen LogP contribution >= 0.6 is 0 Å². The van der Waals surface area contributed by atoms with Gasteiger partial charge in [-0.15, -0.1) is 0 Å². The fourth-order valence-electron chi connectivity index (χ4n) is 2.11. The molecule has 0 fully saturated rings. The third-order valence-corrected chi connectivity index (χ3v) is 2.99. The van der Waals surface area contributed by atoms with Crippen molar-refractivity contribution in [3.63, 3.8) is 0 Å². The van der Waals surface area contributed by atoms with Crippen LogP contribution in [0.5, 0.6) is 0 Å². The lowest BCUT2D eigenvalue weighted by atomic mass is 10.1. The Morgan fingerprint density at radius 2 is 2.00 bits per heavy atom. The van der Waals surface area contributed by atoms with Crippen LogP contribution in [-0.2, 0) is 12.8 Å². The van der Waals surface area contributed by atoms with E-state index in [9.17, 15) is 0 Å². The molecule has 0 radical (unpaired) electrons. The third-order valence-electron chi connectivity index (χ3n) is 2.99. The molecule has 0 bridgehead atoms. The molecule has 82 valence electrons. The molecule has 2 rings (SSSR count). The predicted octanol–water partition coefficient (Wildman–Crippen LogP) is 2.15. The van der Waals surface area contributed by atoms with Gasteiger partial charge < -0.3 is 10.2 Å². The number of aryl methyl sites for hydroxylation is 2. The van der Waals surface area contributed by atoms with Crippen LogP contribution in [0, 0.1) is 0 Å². The molecule has 0 aliphatic heterocycles. The molecular weight excluding hydrogens is 184 g/mol. The summed E-state index contributed by atoms with van der Waals surface area (Å²) >= 11 is 0. The summed E-state index contributed by atoms with van der Waals surface area (Å²) in [7, 11) is 4.20. The van der Waals surface area contributed by atoms with E-state index >= 15 is 0 Å². The van der Waals surface area contributed by atoms with Crippen molar-refractivity contribution < 1.29 is 0 Å². The van der Waals surface area contributed by atoms with E-state index in [1.807, 2.05) is 0 Å². The summed E-state index contributed by atoms with van der Waals surface area (Å²) in [5.74, 6) is 0. The molecule has 1 N–H and O–H groups in total. The predicted molar refractivity (Wildman–Crippen MR) is 65.5 cm³/mol. The Balaban J connectivity index is 1.92. The molecule has 2 nitrogen and oxygen atoms in total. The molecule has 0 atom stereocenters. The number of nitrogens with one attached hydrogen (secondary N) is 1. The molecule has 0 saturated heterocycles. The van der Waals surface area contributed by atoms with Gasteiger partial charge in [-0.1, -0.05) is 6.07 Å². The molecule has 1 aliphatic rings. The zero-order valence-corrected chi connectivity index (χ0v) is 9.71. The lowest BCUT2D eigenvalue weighted by Crippen LogP contribution is -2.20. The van der Waals surface area contributed by atoms with Gasteiger partial charge in [0.2, 0.25) is 0 Å². The van der Waals surface area contributed by atoms with Crippen molar-refractivity contribution >= 4 is 5.69 Å². The minimum absolute atomic E-state index is 1.02. The second-order valence-corrected chi connectivity index (χ2v) is 4.57. The Bertz CT molecular complexity index is 331. The number of nitrogens with zero attached hydrogens (tertiary/aromatic N) is 1. The summed E-state index contributed by atoms with van der Waals surface area (Å²) in [5.41, 5.74) is 4.37. The average molecular weight is 204 g/mol. The van der Waals surface area contributed by atoms with Gasteiger partial charge in [-0.25, -0.2) is 0 Å². The van der Waals surface area contributed by atoms with Crippen LogP contribution in [-0.4, -0.2) is 32.1 Å². The number of likely N-dealkylation sites (N-methyl/N-ethyl adjacent to an activating group) is 1. The average Bonchev–Trinajstić information content (AvgIpc) is 2.64. The Labute approximate surface area is 92.3 Å². The second-order valence-electron chi connectivity index (χ2n) is 4.57.